The number of aliphatic hydroxyl groups excluding tert-OH is 2. The molecule has 0 aliphatic carbocycles. The smallest absolute Gasteiger partial charge is 0.186 e. The molecule has 0 heterocycles. The second kappa shape index (κ2) is 6.63. The van der Waals surface area contributed by atoms with Crippen molar-refractivity contribution >= 4 is 0 Å². The van der Waals surface area contributed by atoms with Gasteiger partial charge in [0.1, 0.15) is 23.0 Å². The first kappa shape index (κ1) is 13.2. The van der Waals surface area contributed by atoms with Crippen molar-refractivity contribution in [3.8, 4) is 23.0 Å². The summed E-state index contributed by atoms with van der Waals surface area (Å²) in [6.07, 6.45) is 0. The number of hydrogen-bond acceptors (Lipinski definition) is 5. The molecule has 0 unspecified atom stereocenters. The first-order chi connectivity index (χ1) is 9.31. The molecule has 0 aliphatic heterocycles. The minimum Gasteiger partial charge on any atom is -0.468 e. The molecule has 0 fully saturated rings. The second-order valence-electron chi connectivity index (χ2n) is 3.59. The number of hydrogen-bond donors (Lipinski definition) is 2. The van der Waals surface area contributed by atoms with Gasteiger partial charge in [0.2, 0.25) is 0 Å². The van der Waals surface area contributed by atoms with Crippen LogP contribution >= 0.6 is 0 Å². The maximum atomic E-state index is 8.61. The Kier molecular flexibility index (Phi) is 4.60. The molecule has 0 spiro atoms. The summed E-state index contributed by atoms with van der Waals surface area (Å²) in [4.78, 5) is 0. The summed E-state index contributed by atoms with van der Waals surface area (Å²) in [5, 5.41) is 17.2. The van der Waals surface area contributed by atoms with E-state index in [1.54, 1.807) is 48.5 Å². The summed E-state index contributed by atoms with van der Waals surface area (Å²) in [6.45, 7) is -0.709. The van der Waals surface area contributed by atoms with Crippen molar-refractivity contribution in [2.45, 2.75) is 0 Å². The summed E-state index contributed by atoms with van der Waals surface area (Å²) >= 11 is 0. The van der Waals surface area contributed by atoms with Gasteiger partial charge in [-0.3, -0.25) is 0 Å². The van der Waals surface area contributed by atoms with Gasteiger partial charge < -0.3 is 24.4 Å². The predicted molar refractivity (Wildman–Crippen MR) is 68.4 cm³/mol. The van der Waals surface area contributed by atoms with Crippen LogP contribution in [0.15, 0.2) is 48.5 Å². The van der Waals surface area contributed by atoms with E-state index in [1.807, 2.05) is 0 Å². The minimum absolute atomic E-state index is 0.355. The van der Waals surface area contributed by atoms with Crippen LogP contribution in [0.2, 0.25) is 0 Å². The Balaban J connectivity index is 1.99. The van der Waals surface area contributed by atoms with Crippen LogP contribution in [0.5, 0.6) is 23.0 Å². The molecule has 0 saturated carbocycles. The molecule has 5 heteroatoms. The largest absolute Gasteiger partial charge is 0.468 e. The van der Waals surface area contributed by atoms with Gasteiger partial charge >= 0.3 is 0 Å². The molecule has 0 amide bonds. The lowest BCUT2D eigenvalue weighted by molar-refractivity contribution is 0.0981. The van der Waals surface area contributed by atoms with E-state index in [9.17, 15) is 0 Å². The van der Waals surface area contributed by atoms with E-state index >= 15 is 0 Å². The van der Waals surface area contributed by atoms with Crippen LogP contribution in [-0.2, 0) is 0 Å². The minimum atomic E-state index is -0.355. The molecule has 0 radical (unpaired) electrons. The molecule has 19 heavy (non-hydrogen) atoms. The van der Waals surface area contributed by atoms with Gasteiger partial charge in [0.15, 0.2) is 13.6 Å². The molecular formula is C14H14O5. The highest BCUT2D eigenvalue weighted by Gasteiger charge is 1.99. The fraction of sp³-hybridized carbons (Fsp3) is 0.143. The molecule has 0 aromatic heterocycles. The SMILES string of the molecule is OCOc1ccc(Oc2ccc(OCO)cc2)cc1. The van der Waals surface area contributed by atoms with Crippen LogP contribution in [0.4, 0.5) is 0 Å². The van der Waals surface area contributed by atoms with Crippen molar-refractivity contribution in [2.24, 2.45) is 0 Å². The quantitative estimate of drug-likeness (QED) is 0.781. The summed E-state index contributed by atoms with van der Waals surface area (Å²) in [7, 11) is 0. The zero-order valence-electron chi connectivity index (χ0n) is 10.2. The summed E-state index contributed by atoms with van der Waals surface area (Å²) < 4.78 is 15.4. The van der Waals surface area contributed by atoms with E-state index in [0.29, 0.717) is 23.0 Å². The fourth-order valence-corrected chi connectivity index (χ4v) is 1.49. The molecule has 0 bridgehead atoms. The van der Waals surface area contributed by atoms with Crippen molar-refractivity contribution < 1.29 is 24.4 Å². The van der Waals surface area contributed by atoms with Crippen LogP contribution < -0.4 is 14.2 Å². The fourth-order valence-electron chi connectivity index (χ4n) is 1.49. The van der Waals surface area contributed by atoms with Crippen molar-refractivity contribution in [3.63, 3.8) is 0 Å². The van der Waals surface area contributed by atoms with E-state index in [-0.39, 0.29) is 13.6 Å². The Bertz CT molecular complexity index is 445. The highest BCUT2D eigenvalue weighted by atomic mass is 16.6. The summed E-state index contributed by atoms with van der Waals surface area (Å²) in [6, 6.07) is 13.8. The van der Waals surface area contributed by atoms with Gasteiger partial charge in [0.25, 0.3) is 0 Å². The maximum Gasteiger partial charge on any atom is 0.186 e. The molecule has 0 atom stereocenters. The number of aliphatic hydroxyl groups is 2. The van der Waals surface area contributed by atoms with Crippen molar-refractivity contribution in [1.29, 1.82) is 0 Å². The van der Waals surface area contributed by atoms with Gasteiger partial charge in [-0.1, -0.05) is 0 Å². The second-order valence-corrected chi connectivity index (χ2v) is 3.59. The molecule has 0 aliphatic rings. The van der Waals surface area contributed by atoms with Crippen LogP contribution in [0.25, 0.3) is 0 Å². The summed E-state index contributed by atoms with van der Waals surface area (Å²) in [5.41, 5.74) is 0. The van der Waals surface area contributed by atoms with Crippen LogP contribution in [-0.4, -0.2) is 23.8 Å². The monoisotopic (exact) mass is 262 g/mol. The highest BCUT2D eigenvalue weighted by Crippen LogP contribution is 2.25. The van der Waals surface area contributed by atoms with E-state index in [4.69, 9.17) is 24.4 Å². The van der Waals surface area contributed by atoms with E-state index in [0.717, 1.165) is 0 Å². The van der Waals surface area contributed by atoms with Gasteiger partial charge in [-0.15, -0.1) is 0 Å². The lowest BCUT2D eigenvalue weighted by Crippen LogP contribution is -1.94. The molecular weight excluding hydrogens is 248 g/mol. The van der Waals surface area contributed by atoms with Gasteiger partial charge in [-0.2, -0.15) is 0 Å². The molecule has 5 nitrogen and oxygen atoms in total. The Hall–Kier alpha value is -2.24. The molecule has 2 aromatic carbocycles. The van der Waals surface area contributed by atoms with Crippen LogP contribution in [0.3, 0.4) is 0 Å². The normalized spacial score (nSPS) is 10.0. The lowest BCUT2D eigenvalue weighted by atomic mass is 10.3. The highest BCUT2D eigenvalue weighted by molar-refractivity contribution is 5.37. The van der Waals surface area contributed by atoms with Gasteiger partial charge in [-0.05, 0) is 48.5 Å². The predicted octanol–water partition coefficient (Wildman–Crippen LogP) is 2.14. The number of ether oxygens (including phenoxy) is 3. The number of benzene rings is 2. The van der Waals surface area contributed by atoms with Gasteiger partial charge in [-0.25, -0.2) is 0 Å². The van der Waals surface area contributed by atoms with E-state index in [1.165, 1.54) is 0 Å². The van der Waals surface area contributed by atoms with Crippen molar-refractivity contribution in [3.05, 3.63) is 48.5 Å². The van der Waals surface area contributed by atoms with Crippen LogP contribution in [0, 0.1) is 0 Å². The average molecular weight is 262 g/mol. The van der Waals surface area contributed by atoms with Gasteiger partial charge in [0.05, 0.1) is 0 Å². The third kappa shape index (κ3) is 3.87. The lowest BCUT2D eigenvalue weighted by Gasteiger charge is -2.08. The third-order valence-electron chi connectivity index (χ3n) is 2.35. The first-order valence-corrected chi connectivity index (χ1v) is 5.67. The topological polar surface area (TPSA) is 68.2 Å². The maximum absolute atomic E-state index is 8.61. The van der Waals surface area contributed by atoms with Crippen molar-refractivity contribution in [2.75, 3.05) is 13.6 Å². The Morgan fingerprint density at radius 3 is 1.21 bits per heavy atom. The van der Waals surface area contributed by atoms with Crippen LogP contribution in [0.1, 0.15) is 0 Å². The van der Waals surface area contributed by atoms with Gasteiger partial charge in [0, 0.05) is 0 Å². The Labute approximate surface area is 110 Å². The number of rotatable bonds is 6. The van der Waals surface area contributed by atoms with E-state index < -0.39 is 0 Å². The standard InChI is InChI=1S/C14H14O5/c15-9-17-11-1-5-13(6-2-11)19-14-7-3-12(4-8-14)18-10-16/h1-8,15-16H,9-10H2. The Morgan fingerprint density at radius 2 is 0.895 bits per heavy atom. The summed E-state index contributed by atoms with van der Waals surface area (Å²) in [5.74, 6) is 2.45. The Morgan fingerprint density at radius 1 is 0.579 bits per heavy atom. The molecule has 2 N–H and O–H groups in total. The average Bonchev–Trinajstić information content (AvgIpc) is 2.44. The third-order valence-corrected chi connectivity index (χ3v) is 2.35. The van der Waals surface area contributed by atoms with Crippen molar-refractivity contribution in [1.82, 2.24) is 0 Å². The van der Waals surface area contributed by atoms with E-state index in [2.05, 4.69) is 0 Å². The molecule has 2 rings (SSSR count). The zero-order chi connectivity index (χ0) is 13.5. The molecule has 0 saturated heterocycles. The zero-order valence-corrected chi connectivity index (χ0v) is 10.2. The molecule has 2 aromatic rings. The first-order valence-electron chi connectivity index (χ1n) is 5.67. The molecule has 100 valence electrons.